The smallest absolute Gasteiger partial charge is 0.268 e. The number of methoxy groups -OCH3 is 1. The summed E-state index contributed by atoms with van der Waals surface area (Å²) in [7, 11) is 1.64. The Morgan fingerprint density at radius 3 is 2.81 bits per heavy atom. The van der Waals surface area contributed by atoms with Gasteiger partial charge in [-0.2, -0.15) is 0 Å². The number of amides is 1. The van der Waals surface area contributed by atoms with E-state index in [-0.39, 0.29) is 5.91 Å². The number of nitrogens with zero attached hydrogens (tertiary/aromatic N) is 1. The molecular weight excluding hydrogens is 266 g/mol. The molecule has 0 aliphatic carbocycles. The average molecular weight is 283 g/mol. The molecule has 1 aliphatic rings. The highest BCUT2D eigenvalue weighted by Crippen LogP contribution is 2.34. The highest BCUT2D eigenvalue weighted by molar-refractivity contribution is 5.99. The molecule has 1 aliphatic heterocycles. The standard InChI is InChI=1S/C17H17NO3/c1-12-17(19)18(15-8-3-4-9-16(15)21-12)11-13-6-5-7-14(10-13)20-2/h3-10,12H,11H2,1-2H3/t12-/m1/s1. The van der Waals surface area contributed by atoms with E-state index in [9.17, 15) is 4.79 Å². The average Bonchev–Trinajstić information content (AvgIpc) is 2.52. The molecule has 0 radical (unpaired) electrons. The minimum Gasteiger partial charge on any atom is -0.497 e. The second-order valence-electron chi connectivity index (χ2n) is 5.00. The van der Waals surface area contributed by atoms with E-state index in [1.807, 2.05) is 48.5 Å². The summed E-state index contributed by atoms with van der Waals surface area (Å²) in [5.41, 5.74) is 1.83. The molecule has 0 saturated carbocycles. The van der Waals surface area contributed by atoms with Crippen LogP contribution in [0.25, 0.3) is 0 Å². The Hall–Kier alpha value is -2.49. The summed E-state index contributed by atoms with van der Waals surface area (Å²) in [6.07, 6.45) is -0.467. The van der Waals surface area contributed by atoms with Crippen LogP contribution in [0.15, 0.2) is 48.5 Å². The Bertz CT molecular complexity index is 669. The summed E-state index contributed by atoms with van der Waals surface area (Å²) in [5, 5.41) is 0. The van der Waals surface area contributed by atoms with Crippen LogP contribution in [0.5, 0.6) is 11.5 Å². The normalized spacial score (nSPS) is 17.1. The molecule has 0 saturated heterocycles. The van der Waals surface area contributed by atoms with Crippen LogP contribution in [0.3, 0.4) is 0 Å². The maximum absolute atomic E-state index is 12.4. The van der Waals surface area contributed by atoms with Crippen molar-refractivity contribution in [3.63, 3.8) is 0 Å². The lowest BCUT2D eigenvalue weighted by molar-refractivity contribution is -0.125. The molecule has 108 valence electrons. The molecule has 0 bridgehead atoms. The minimum atomic E-state index is -0.467. The fourth-order valence-electron chi connectivity index (χ4n) is 2.48. The van der Waals surface area contributed by atoms with Crippen LogP contribution in [0.2, 0.25) is 0 Å². The molecule has 4 nitrogen and oxygen atoms in total. The Morgan fingerprint density at radius 1 is 1.19 bits per heavy atom. The Morgan fingerprint density at radius 2 is 2.00 bits per heavy atom. The van der Waals surface area contributed by atoms with Gasteiger partial charge in [-0.1, -0.05) is 24.3 Å². The molecule has 2 aromatic rings. The Balaban J connectivity index is 1.94. The molecule has 1 heterocycles. The van der Waals surface area contributed by atoms with Gasteiger partial charge in [-0.15, -0.1) is 0 Å². The monoisotopic (exact) mass is 283 g/mol. The zero-order valence-corrected chi connectivity index (χ0v) is 12.1. The van der Waals surface area contributed by atoms with Crippen LogP contribution in [0.4, 0.5) is 5.69 Å². The lowest BCUT2D eigenvalue weighted by atomic mass is 10.1. The van der Waals surface area contributed by atoms with Crippen molar-refractivity contribution in [3.05, 3.63) is 54.1 Å². The van der Waals surface area contributed by atoms with Gasteiger partial charge in [0.1, 0.15) is 11.5 Å². The number of anilines is 1. The van der Waals surface area contributed by atoms with Gasteiger partial charge >= 0.3 is 0 Å². The van der Waals surface area contributed by atoms with E-state index < -0.39 is 6.10 Å². The molecule has 3 rings (SSSR count). The molecule has 0 spiro atoms. The quantitative estimate of drug-likeness (QED) is 0.869. The summed E-state index contributed by atoms with van der Waals surface area (Å²) >= 11 is 0. The first-order chi connectivity index (χ1) is 10.2. The van der Waals surface area contributed by atoms with E-state index in [2.05, 4.69) is 0 Å². The highest BCUT2D eigenvalue weighted by atomic mass is 16.5. The molecule has 0 aromatic heterocycles. The third-order valence-electron chi connectivity index (χ3n) is 3.55. The number of ether oxygens (including phenoxy) is 2. The van der Waals surface area contributed by atoms with Crippen LogP contribution >= 0.6 is 0 Å². The molecule has 0 N–H and O–H groups in total. The van der Waals surface area contributed by atoms with E-state index in [1.165, 1.54) is 0 Å². The maximum atomic E-state index is 12.4. The van der Waals surface area contributed by atoms with Gasteiger partial charge in [-0.25, -0.2) is 0 Å². The lowest BCUT2D eigenvalue weighted by Crippen LogP contribution is -2.43. The molecule has 21 heavy (non-hydrogen) atoms. The van der Waals surface area contributed by atoms with E-state index >= 15 is 0 Å². The van der Waals surface area contributed by atoms with Crippen molar-refractivity contribution in [2.75, 3.05) is 12.0 Å². The molecule has 2 aromatic carbocycles. The van der Waals surface area contributed by atoms with Gasteiger partial charge in [-0.3, -0.25) is 4.79 Å². The van der Waals surface area contributed by atoms with Crippen LogP contribution in [-0.2, 0) is 11.3 Å². The van der Waals surface area contributed by atoms with Gasteiger partial charge in [0, 0.05) is 0 Å². The number of carbonyl (C=O) groups is 1. The van der Waals surface area contributed by atoms with Crippen molar-refractivity contribution in [2.45, 2.75) is 19.6 Å². The predicted octanol–water partition coefficient (Wildman–Crippen LogP) is 3.01. The summed E-state index contributed by atoms with van der Waals surface area (Å²) in [6, 6.07) is 15.3. The van der Waals surface area contributed by atoms with Gasteiger partial charge in [0.15, 0.2) is 6.10 Å². The predicted molar refractivity (Wildman–Crippen MR) is 80.7 cm³/mol. The number of para-hydroxylation sites is 2. The van der Waals surface area contributed by atoms with Gasteiger partial charge in [-0.05, 0) is 36.8 Å². The van der Waals surface area contributed by atoms with Crippen LogP contribution in [0.1, 0.15) is 12.5 Å². The summed E-state index contributed by atoms with van der Waals surface area (Å²) in [6.45, 7) is 2.28. The first-order valence-corrected chi connectivity index (χ1v) is 6.89. The van der Waals surface area contributed by atoms with Gasteiger partial charge < -0.3 is 14.4 Å². The van der Waals surface area contributed by atoms with Gasteiger partial charge in [0.2, 0.25) is 0 Å². The van der Waals surface area contributed by atoms with E-state index in [0.29, 0.717) is 6.54 Å². The largest absolute Gasteiger partial charge is 0.497 e. The second-order valence-corrected chi connectivity index (χ2v) is 5.00. The topological polar surface area (TPSA) is 38.8 Å². The lowest BCUT2D eigenvalue weighted by Gasteiger charge is -2.33. The van der Waals surface area contributed by atoms with Crippen molar-refractivity contribution in [1.82, 2.24) is 0 Å². The SMILES string of the molecule is COc1cccc(CN2C(=O)[C@@H](C)Oc3ccccc32)c1. The van der Waals surface area contributed by atoms with Gasteiger partial charge in [0.05, 0.1) is 19.3 Å². The third kappa shape index (κ3) is 2.57. The molecule has 4 heteroatoms. The van der Waals surface area contributed by atoms with Crippen molar-refractivity contribution in [1.29, 1.82) is 0 Å². The minimum absolute atomic E-state index is 0.0310. The molecular formula is C17H17NO3. The number of carbonyl (C=O) groups excluding carboxylic acids is 1. The second kappa shape index (κ2) is 5.48. The van der Waals surface area contributed by atoms with Crippen LogP contribution in [0, 0.1) is 0 Å². The Labute approximate surface area is 123 Å². The van der Waals surface area contributed by atoms with Crippen molar-refractivity contribution in [3.8, 4) is 11.5 Å². The third-order valence-corrected chi connectivity index (χ3v) is 3.55. The Kier molecular flexibility index (Phi) is 3.52. The zero-order chi connectivity index (χ0) is 14.8. The first-order valence-electron chi connectivity index (χ1n) is 6.89. The number of hydrogen-bond acceptors (Lipinski definition) is 3. The number of hydrogen-bond donors (Lipinski definition) is 0. The molecule has 1 atom stereocenters. The number of fused-ring (bicyclic) bond motifs is 1. The number of benzene rings is 2. The van der Waals surface area contributed by atoms with E-state index in [0.717, 1.165) is 22.7 Å². The van der Waals surface area contributed by atoms with E-state index in [1.54, 1.807) is 18.9 Å². The summed E-state index contributed by atoms with van der Waals surface area (Å²) in [5.74, 6) is 1.50. The van der Waals surface area contributed by atoms with Crippen LogP contribution < -0.4 is 14.4 Å². The zero-order valence-electron chi connectivity index (χ0n) is 12.1. The maximum Gasteiger partial charge on any atom is 0.268 e. The number of rotatable bonds is 3. The molecule has 0 unspecified atom stereocenters. The fourth-order valence-corrected chi connectivity index (χ4v) is 2.48. The van der Waals surface area contributed by atoms with E-state index in [4.69, 9.17) is 9.47 Å². The molecule has 0 fully saturated rings. The highest BCUT2D eigenvalue weighted by Gasteiger charge is 2.31. The summed E-state index contributed by atoms with van der Waals surface area (Å²) in [4.78, 5) is 14.2. The van der Waals surface area contributed by atoms with Crippen molar-refractivity contribution < 1.29 is 14.3 Å². The summed E-state index contributed by atoms with van der Waals surface area (Å²) < 4.78 is 10.9. The first kappa shape index (κ1) is 13.5. The molecule has 1 amide bonds. The fraction of sp³-hybridized carbons (Fsp3) is 0.235. The van der Waals surface area contributed by atoms with Crippen molar-refractivity contribution >= 4 is 11.6 Å². The van der Waals surface area contributed by atoms with Crippen LogP contribution in [-0.4, -0.2) is 19.1 Å². The van der Waals surface area contributed by atoms with Crippen molar-refractivity contribution in [2.24, 2.45) is 0 Å². The van der Waals surface area contributed by atoms with Gasteiger partial charge in [0.25, 0.3) is 5.91 Å².